The van der Waals surface area contributed by atoms with E-state index in [2.05, 4.69) is 6.92 Å². The van der Waals surface area contributed by atoms with E-state index in [-0.39, 0.29) is 23.4 Å². The number of hydrogen-bond donors (Lipinski definition) is 1. The van der Waals surface area contributed by atoms with Gasteiger partial charge in [-0.2, -0.15) is 0 Å². The summed E-state index contributed by atoms with van der Waals surface area (Å²) < 4.78 is 0. The van der Waals surface area contributed by atoms with Crippen LogP contribution in [0.25, 0.3) is 0 Å². The van der Waals surface area contributed by atoms with Gasteiger partial charge >= 0.3 is 0 Å². The first-order valence-electron chi connectivity index (χ1n) is 5.47. The fourth-order valence-corrected chi connectivity index (χ4v) is 1.79. The van der Waals surface area contributed by atoms with Crippen molar-refractivity contribution in [3.8, 4) is 0 Å². The molecule has 14 heavy (non-hydrogen) atoms. The molecule has 1 fully saturated rings. The molecule has 1 aliphatic heterocycles. The Labute approximate surface area is 86.6 Å². The molecule has 3 nitrogen and oxygen atoms in total. The Morgan fingerprint density at radius 3 is 2.50 bits per heavy atom. The van der Waals surface area contributed by atoms with Crippen molar-refractivity contribution < 1.29 is 4.79 Å². The second-order valence-electron chi connectivity index (χ2n) is 4.93. The van der Waals surface area contributed by atoms with Gasteiger partial charge in [0.2, 0.25) is 5.91 Å². The Hall–Kier alpha value is -0.570. The first kappa shape index (κ1) is 11.5. The molecule has 0 bridgehead atoms. The quantitative estimate of drug-likeness (QED) is 0.728. The molecule has 0 saturated carbocycles. The number of likely N-dealkylation sites (tertiary alicyclic amines) is 1. The van der Waals surface area contributed by atoms with Gasteiger partial charge in [-0.25, -0.2) is 0 Å². The molecule has 0 aromatic rings. The van der Waals surface area contributed by atoms with E-state index in [1.807, 2.05) is 25.7 Å². The molecule has 2 atom stereocenters. The lowest BCUT2D eigenvalue weighted by Gasteiger charge is -2.31. The molecule has 0 aromatic carbocycles. The molecule has 82 valence electrons. The lowest BCUT2D eigenvalue weighted by Crippen LogP contribution is -2.45. The van der Waals surface area contributed by atoms with Crippen LogP contribution in [0.5, 0.6) is 0 Å². The number of rotatable bonds is 2. The van der Waals surface area contributed by atoms with Crippen LogP contribution in [0.1, 0.15) is 40.5 Å². The lowest BCUT2D eigenvalue weighted by atomic mass is 9.88. The van der Waals surface area contributed by atoms with E-state index in [1.54, 1.807) is 0 Å². The molecule has 0 aliphatic carbocycles. The molecule has 0 radical (unpaired) electrons. The smallest absolute Gasteiger partial charge is 0.228 e. The van der Waals surface area contributed by atoms with E-state index in [1.165, 1.54) is 0 Å². The third kappa shape index (κ3) is 1.92. The Kier molecular flexibility index (Phi) is 3.20. The van der Waals surface area contributed by atoms with Crippen molar-refractivity contribution in [2.75, 3.05) is 6.54 Å². The highest BCUT2D eigenvalue weighted by Crippen LogP contribution is 2.27. The van der Waals surface area contributed by atoms with E-state index in [0.717, 1.165) is 19.4 Å². The van der Waals surface area contributed by atoms with Crippen molar-refractivity contribution in [1.82, 2.24) is 4.90 Å². The van der Waals surface area contributed by atoms with Crippen LogP contribution in [0.3, 0.4) is 0 Å². The molecule has 1 rings (SSSR count). The van der Waals surface area contributed by atoms with Crippen molar-refractivity contribution in [2.24, 2.45) is 11.1 Å². The largest absolute Gasteiger partial charge is 0.338 e. The van der Waals surface area contributed by atoms with Gasteiger partial charge in [-0.1, -0.05) is 20.8 Å². The first-order valence-corrected chi connectivity index (χ1v) is 5.47. The predicted octanol–water partition coefficient (Wildman–Crippen LogP) is 1.37. The summed E-state index contributed by atoms with van der Waals surface area (Å²) in [6, 6.07) is 0.361. The van der Waals surface area contributed by atoms with Gasteiger partial charge in [0.05, 0.1) is 0 Å². The zero-order chi connectivity index (χ0) is 10.9. The highest BCUT2D eigenvalue weighted by Gasteiger charge is 2.37. The van der Waals surface area contributed by atoms with Crippen LogP contribution in [-0.2, 0) is 4.79 Å². The number of carbonyl (C=O) groups excluding carboxylic acids is 1. The zero-order valence-corrected chi connectivity index (χ0v) is 9.71. The van der Waals surface area contributed by atoms with E-state index < -0.39 is 0 Å². The topological polar surface area (TPSA) is 46.3 Å². The van der Waals surface area contributed by atoms with E-state index in [4.69, 9.17) is 5.73 Å². The third-order valence-electron chi connectivity index (χ3n) is 3.54. The zero-order valence-electron chi connectivity index (χ0n) is 9.71. The minimum Gasteiger partial charge on any atom is -0.338 e. The predicted molar refractivity (Wildman–Crippen MR) is 57.8 cm³/mol. The van der Waals surface area contributed by atoms with Gasteiger partial charge in [0.15, 0.2) is 0 Å². The van der Waals surface area contributed by atoms with Crippen LogP contribution in [0.2, 0.25) is 0 Å². The molecule has 1 aliphatic rings. The van der Waals surface area contributed by atoms with Crippen LogP contribution in [-0.4, -0.2) is 29.4 Å². The Morgan fingerprint density at radius 2 is 2.14 bits per heavy atom. The maximum atomic E-state index is 12.1. The van der Waals surface area contributed by atoms with Crippen LogP contribution in [0, 0.1) is 5.41 Å². The average Bonchev–Trinajstić information content (AvgIpc) is 2.47. The standard InChI is InChI=1S/C11H22N2O/c1-5-11(3,4)10(14)13-7-6-9(12)8(13)2/h8-9H,5-7,12H2,1-4H3. The molecule has 1 heterocycles. The Balaban J connectivity index is 2.71. The molecular weight excluding hydrogens is 176 g/mol. The summed E-state index contributed by atoms with van der Waals surface area (Å²) in [6.07, 6.45) is 1.82. The maximum Gasteiger partial charge on any atom is 0.228 e. The van der Waals surface area contributed by atoms with Gasteiger partial charge in [0.25, 0.3) is 0 Å². The monoisotopic (exact) mass is 198 g/mol. The number of carbonyl (C=O) groups is 1. The summed E-state index contributed by atoms with van der Waals surface area (Å²) in [6.45, 7) is 8.93. The van der Waals surface area contributed by atoms with Gasteiger partial charge in [-0.15, -0.1) is 0 Å². The normalized spacial score (nSPS) is 28.2. The fraction of sp³-hybridized carbons (Fsp3) is 0.909. The van der Waals surface area contributed by atoms with Crippen LogP contribution in [0.4, 0.5) is 0 Å². The van der Waals surface area contributed by atoms with Crippen LogP contribution >= 0.6 is 0 Å². The number of hydrogen-bond acceptors (Lipinski definition) is 2. The maximum absolute atomic E-state index is 12.1. The fourth-order valence-electron chi connectivity index (χ4n) is 1.79. The van der Waals surface area contributed by atoms with Gasteiger partial charge in [0.1, 0.15) is 0 Å². The summed E-state index contributed by atoms with van der Waals surface area (Å²) in [7, 11) is 0. The summed E-state index contributed by atoms with van der Waals surface area (Å²) in [4.78, 5) is 14.1. The summed E-state index contributed by atoms with van der Waals surface area (Å²) in [5.41, 5.74) is 5.66. The third-order valence-corrected chi connectivity index (χ3v) is 3.54. The summed E-state index contributed by atoms with van der Waals surface area (Å²) in [5.74, 6) is 0.250. The minimum atomic E-state index is -0.238. The van der Waals surface area contributed by atoms with E-state index >= 15 is 0 Å². The highest BCUT2D eigenvalue weighted by molar-refractivity contribution is 5.82. The van der Waals surface area contributed by atoms with Gasteiger partial charge < -0.3 is 10.6 Å². The van der Waals surface area contributed by atoms with Crippen LogP contribution < -0.4 is 5.73 Å². The van der Waals surface area contributed by atoms with Crippen molar-refractivity contribution in [3.05, 3.63) is 0 Å². The lowest BCUT2D eigenvalue weighted by molar-refractivity contribution is -0.141. The molecule has 0 aromatic heterocycles. The molecular formula is C11H22N2O. The highest BCUT2D eigenvalue weighted by atomic mass is 16.2. The van der Waals surface area contributed by atoms with E-state index in [9.17, 15) is 4.79 Å². The van der Waals surface area contributed by atoms with Gasteiger partial charge in [-0.05, 0) is 19.8 Å². The summed E-state index contributed by atoms with van der Waals surface area (Å²) in [5, 5.41) is 0. The molecule has 2 N–H and O–H groups in total. The number of nitrogens with zero attached hydrogens (tertiary/aromatic N) is 1. The molecule has 1 saturated heterocycles. The van der Waals surface area contributed by atoms with Gasteiger partial charge in [-0.3, -0.25) is 4.79 Å². The van der Waals surface area contributed by atoms with Crippen molar-refractivity contribution in [3.63, 3.8) is 0 Å². The van der Waals surface area contributed by atoms with Crippen molar-refractivity contribution in [2.45, 2.75) is 52.6 Å². The number of nitrogens with two attached hydrogens (primary N) is 1. The van der Waals surface area contributed by atoms with Crippen molar-refractivity contribution in [1.29, 1.82) is 0 Å². The number of amides is 1. The second kappa shape index (κ2) is 3.89. The Bertz CT molecular complexity index is 225. The molecule has 3 heteroatoms. The molecule has 0 spiro atoms. The molecule has 2 unspecified atom stereocenters. The first-order chi connectivity index (χ1) is 6.40. The SMILES string of the molecule is CCC(C)(C)C(=O)N1CCC(N)C1C. The van der Waals surface area contributed by atoms with Crippen LogP contribution in [0.15, 0.2) is 0 Å². The van der Waals surface area contributed by atoms with E-state index in [0.29, 0.717) is 0 Å². The van der Waals surface area contributed by atoms with Gasteiger partial charge in [0, 0.05) is 24.0 Å². The minimum absolute atomic E-state index is 0.159. The second-order valence-corrected chi connectivity index (χ2v) is 4.93. The Morgan fingerprint density at radius 1 is 1.57 bits per heavy atom. The average molecular weight is 198 g/mol. The van der Waals surface area contributed by atoms with Crippen molar-refractivity contribution >= 4 is 5.91 Å². The molecule has 1 amide bonds. The summed E-state index contributed by atoms with van der Waals surface area (Å²) >= 11 is 0.